The molecule has 1 saturated heterocycles. The van der Waals surface area contributed by atoms with Crippen LogP contribution in [0.25, 0.3) is 11.5 Å². The highest BCUT2D eigenvalue weighted by atomic mass is 32.1. The van der Waals surface area contributed by atoms with Gasteiger partial charge in [0.25, 0.3) is 5.89 Å². The molecule has 2 aromatic heterocycles. The Morgan fingerprint density at radius 3 is 3.18 bits per heavy atom. The summed E-state index contributed by atoms with van der Waals surface area (Å²) in [6.07, 6.45) is 3.14. The van der Waals surface area contributed by atoms with E-state index >= 15 is 0 Å². The zero-order valence-electron chi connectivity index (χ0n) is 9.26. The van der Waals surface area contributed by atoms with E-state index in [2.05, 4.69) is 10.1 Å². The molecule has 1 aliphatic heterocycles. The van der Waals surface area contributed by atoms with E-state index in [9.17, 15) is 0 Å². The predicted molar refractivity (Wildman–Crippen MR) is 64.7 cm³/mol. The van der Waals surface area contributed by atoms with E-state index in [1.807, 2.05) is 11.4 Å². The summed E-state index contributed by atoms with van der Waals surface area (Å²) in [5.74, 6) is 1.19. The van der Waals surface area contributed by atoms with Gasteiger partial charge in [0.15, 0.2) is 5.82 Å². The highest BCUT2D eigenvalue weighted by Gasteiger charge is 2.20. The first-order valence-corrected chi connectivity index (χ1v) is 6.48. The number of aromatic nitrogens is 2. The van der Waals surface area contributed by atoms with Gasteiger partial charge in [-0.15, -0.1) is 11.3 Å². The van der Waals surface area contributed by atoms with Crippen LogP contribution in [0.5, 0.6) is 0 Å². The molecular weight excluding hydrogens is 238 g/mol. The lowest BCUT2D eigenvalue weighted by Crippen LogP contribution is -2.09. The molecule has 2 aromatic rings. The third-order valence-corrected chi connectivity index (χ3v) is 3.57. The second-order valence-electron chi connectivity index (χ2n) is 4.05. The molecule has 1 unspecified atom stereocenters. The minimum atomic E-state index is 0.236. The second kappa shape index (κ2) is 4.46. The normalized spacial score (nSPS) is 19.9. The molecule has 3 rings (SSSR count). The van der Waals surface area contributed by atoms with Crippen molar-refractivity contribution >= 4 is 16.3 Å². The highest BCUT2D eigenvalue weighted by Crippen LogP contribution is 2.29. The van der Waals surface area contributed by atoms with Crippen LogP contribution in [0.4, 0.5) is 5.00 Å². The number of ether oxygens (including phenoxy) is 1. The number of thiophene rings is 1. The van der Waals surface area contributed by atoms with Crippen molar-refractivity contribution in [3.63, 3.8) is 0 Å². The third kappa shape index (κ3) is 2.18. The second-order valence-corrected chi connectivity index (χ2v) is 5.00. The Kier molecular flexibility index (Phi) is 2.82. The number of anilines is 1. The van der Waals surface area contributed by atoms with E-state index in [0.717, 1.165) is 25.0 Å². The standard InChI is InChI=1S/C11H13N3O2S/c12-10-8(3-5-17-10)11-13-9(14-16-11)6-7-2-1-4-15-7/h3,5,7H,1-2,4,6,12H2. The quantitative estimate of drug-likeness (QED) is 0.904. The largest absolute Gasteiger partial charge is 0.390 e. The molecule has 1 aliphatic rings. The summed E-state index contributed by atoms with van der Waals surface area (Å²) in [5.41, 5.74) is 6.63. The Bertz CT molecular complexity index is 502. The molecule has 0 aromatic carbocycles. The molecule has 6 heteroatoms. The first kappa shape index (κ1) is 10.7. The zero-order chi connectivity index (χ0) is 11.7. The molecule has 3 heterocycles. The van der Waals surface area contributed by atoms with E-state index in [4.69, 9.17) is 15.0 Å². The fourth-order valence-corrected chi connectivity index (χ4v) is 2.59. The number of rotatable bonds is 3. The lowest BCUT2D eigenvalue weighted by atomic mass is 10.2. The van der Waals surface area contributed by atoms with Gasteiger partial charge in [0.1, 0.15) is 0 Å². The van der Waals surface area contributed by atoms with Gasteiger partial charge in [-0.25, -0.2) is 0 Å². The van der Waals surface area contributed by atoms with Crippen molar-refractivity contribution in [3.05, 3.63) is 17.3 Å². The summed E-state index contributed by atoms with van der Waals surface area (Å²) in [6, 6.07) is 1.89. The van der Waals surface area contributed by atoms with E-state index < -0.39 is 0 Å². The summed E-state index contributed by atoms with van der Waals surface area (Å²) >= 11 is 1.47. The maximum Gasteiger partial charge on any atom is 0.260 e. The maximum atomic E-state index is 5.81. The summed E-state index contributed by atoms with van der Waals surface area (Å²) in [7, 11) is 0. The van der Waals surface area contributed by atoms with Crippen molar-refractivity contribution in [2.45, 2.75) is 25.4 Å². The van der Waals surface area contributed by atoms with Crippen molar-refractivity contribution in [1.82, 2.24) is 10.1 Å². The van der Waals surface area contributed by atoms with Gasteiger partial charge in [-0.1, -0.05) is 5.16 Å². The molecule has 5 nitrogen and oxygen atoms in total. The molecular formula is C11H13N3O2S. The van der Waals surface area contributed by atoms with Crippen LogP contribution in [0, 0.1) is 0 Å². The smallest absolute Gasteiger partial charge is 0.260 e. The Balaban J connectivity index is 1.76. The van der Waals surface area contributed by atoms with Crippen LogP contribution in [0.15, 0.2) is 16.0 Å². The molecule has 0 amide bonds. The SMILES string of the molecule is Nc1sccc1-c1nc(CC2CCCO2)no1. The van der Waals surface area contributed by atoms with E-state index in [0.29, 0.717) is 23.1 Å². The third-order valence-electron chi connectivity index (χ3n) is 2.83. The number of nitrogens with two attached hydrogens (primary N) is 1. The van der Waals surface area contributed by atoms with Crippen molar-refractivity contribution in [1.29, 1.82) is 0 Å². The molecule has 0 spiro atoms. The molecule has 0 saturated carbocycles. The first-order chi connectivity index (χ1) is 8.33. The van der Waals surface area contributed by atoms with Gasteiger partial charge in [-0.2, -0.15) is 4.98 Å². The Morgan fingerprint density at radius 1 is 1.53 bits per heavy atom. The van der Waals surface area contributed by atoms with Crippen LogP contribution in [0.3, 0.4) is 0 Å². The highest BCUT2D eigenvalue weighted by molar-refractivity contribution is 7.14. The predicted octanol–water partition coefficient (Wildman–Crippen LogP) is 2.10. The Morgan fingerprint density at radius 2 is 2.47 bits per heavy atom. The van der Waals surface area contributed by atoms with Gasteiger partial charge in [0.05, 0.1) is 16.7 Å². The lowest BCUT2D eigenvalue weighted by Gasteiger charge is -2.03. The van der Waals surface area contributed by atoms with Crippen LogP contribution in [0.2, 0.25) is 0 Å². The maximum absolute atomic E-state index is 5.81. The molecule has 90 valence electrons. The van der Waals surface area contributed by atoms with Crippen molar-refractivity contribution < 1.29 is 9.26 Å². The minimum absolute atomic E-state index is 0.236. The van der Waals surface area contributed by atoms with Crippen LogP contribution >= 0.6 is 11.3 Å². The molecule has 0 radical (unpaired) electrons. The average Bonchev–Trinajstić information content (AvgIpc) is 3.00. The van der Waals surface area contributed by atoms with Crippen LogP contribution < -0.4 is 5.73 Å². The van der Waals surface area contributed by atoms with Gasteiger partial charge in [0, 0.05) is 13.0 Å². The summed E-state index contributed by atoms with van der Waals surface area (Å²) < 4.78 is 10.7. The van der Waals surface area contributed by atoms with Gasteiger partial charge >= 0.3 is 0 Å². The molecule has 17 heavy (non-hydrogen) atoms. The number of hydrogen-bond donors (Lipinski definition) is 1. The summed E-state index contributed by atoms with van der Waals surface area (Å²) in [4.78, 5) is 4.35. The van der Waals surface area contributed by atoms with E-state index in [1.165, 1.54) is 11.3 Å². The molecule has 0 bridgehead atoms. The molecule has 1 atom stereocenters. The molecule has 0 aliphatic carbocycles. The van der Waals surface area contributed by atoms with Crippen molar-refractivity contribution in [3.8, 4) is 11.5 Å². The van der Waals surface area contributed by atoms with Gasteiger partial charge < -0.3 is 15.0 Å². The van der Waals surface area contributed by atoms with Gasteiger partial charge in [0.2, 0.25) is 0 Å². The average molecular weight is 251 g/mol. The summed E-state index contributed by atoms with van der Waals surface area (Å²) in [6.45, 7) is 0.840. The summed E-state index contributed by atoms with van der Waals surface area (Å²) in [5, 5.41) is 6.58. The van der Waals surface area contributed by atoms with Crippen LogP contribution in [0.1, 0.15) is 18.7 Å². The first-order valence-electron chi connectivity index (χ1n) is 5.60. The Labute approximate surface area is 103 Å². The number of nitrogen functional groups attached to an aromatic ring is 1. The van der Waals surface area contributed by atoms with Crippen molar-refractivity contribution in [2.75, 3.05) is 12.3 Å². The van der Waals surface area contributed by atoms with Crippen LogP contribution in [-0.2, 0) is 11.2 Å². The number of nitrogens with zero attached hydrogens (tertiary/aromatic N) is 2. The lowest BCUT2D eigenvalue weighted by molar-refractivity contribution is 0.109. The molecule has 1 fully saturated rings. The van der Waals surface area contributed by atoms with E-state index in [-0.39, 0.29) is 6.10 Å². The fraction of sp³-hybridized carbons (Fsp3) is 0.455. The Hall–Kier alpha value is -1.40. The van der Waals surface area contributed by atoms with Crippen LogP contribution in [-0.4, -0.2) is 22.9 Å². The van der Waals surface area contributed by atoms with Gasteiger partial charge in [-0.05, 0) is 24.3 Å². The fourth-order valence-electron chi connectivity index (χ4n) is 1.95. The number of hydrogen-bond acceptors (Lipinski definition) is 6. The monoisotopic (exact) mass is 251 g/mol. The minimum Gasteiger partial charge on any atom is -0.390 e. The van der Waals surface area contributed by atoms with Gasteiger partial charge in [-0.3, -0.25) is 0 Å². The topological polar surface area (TPSA) is 74.2 Å². The molecule has 2 N–H and O–H groups in total. The van der Waals surface area contributed by atoms with Crippen molar-refractivity contribution in [2.24, 2.45) is 0 Å². The zero-order valence-corrected chi connectivity index (χ0v) is 10.1. The van der Waals surface area contributed by atoms with E-state index in [1.54, 1.807) is 0 Å².